The minimum Gasteiger partial charge on any atom is -0.414 e. The number of amides is 1. The summed E-state index contributed by atoms with van der Waals surface area (Å²) in [6.07, 6.45) is 0. The number of fused-ring (bicyclic) bond motifs is 1. The quantitative estimate of drug-likeness (QED) is 0.765. The van der Waals surface area contributed by atoms with E-state index in [0.29, 0.717) is 16.9 Å². The molecule has 0 aliphatic heterocycles. The lowest BCUT2D eigenvalue weighted by Gasteiger charge is -2.12. The number of nitrogens with zero attached hydrogens (tertiary/aromatic N) is 4. The van der Waals surface area contributed by atoms with Gasteiger partial charge in [-0.2, -0.15) is 0 Å². The summed E-state index contributed by atoms with van der Waals surface area (Å²) in [6.45, 7) is 0.330. The number of H-pyrrole nitrogens is 1. The fourth-order valence-corrected chi connectivity index (χ4v) is 2.09. The molecule has 1 amide bonds. The molecule has 0 fully saturated rings. The lowest BCUT2D eigenvalue weighted by atomic mass is 10.3. The molecule has 0 unspecified atom stereocenters. The Bertz CT molecular complexity index is 844. The molecule has 0 aliphatic rings. The second-order valence-electron chi connectivity index (χ2n) is 4.94. The summed E-state index contributed by atoms with van der Waals surface area (Å²) in [5.41, 5.74) is 1.20. The summed E-state index contributed by atoms with van der Waals surface area (Å²) in [7, 11) is 3.07. The lowest BCUT2D eigenvalue weighted by Crippen LogP contribution is -2.27. The summed E-state index contributed by atoms with van der Waals surface area (Å²) in [5.74, 6) is -0.164. The number of hydrogen-bond donors (Lipinski definition) is 1. The zero-order valence-electron chi connectivity index (χ0n) is 12.5. The topological polar surface area (TPSA) is 97.1 Å². The number of aromatic amines is 1. The predicted molar refractivity (Wildman–Crippen MR) is 76.9 cm³/mol. The van der Waals surface area contributed by atoms with E-state index in [1.54, 1.807) is 13.1 Å². The van der Waals surface area contributed by atoms with Gasteiger partial charge >= 0.3 is 11.8 Å². The van der Waals surface area contributed by atoms with Gasteiger partial charge in [-0.3, -0.25) is 4.79 Å². The maximum Gasteiger partial charge on any atom is 0.311 e. The van der Waals surface area contributed by atoms with Crippen LogP contribution in [-0.4, -0.2) is 45.1 Å². The Morgan fingerprint density at radius 2 is 2.26 bits per heavy atom. The number of nitrogens with one attached hydrogen (secondary N) is 1. The third kappa shape index (κ3) is 3.19. The molecule has 9 heteroatoms. The molecular formula is C14H14FN5O3. The van der Waals surface area contributed by atoms with Crippen LogP contribution in [0, 0.1) is 5.82 Å². The molecule has 0 bridgehead atoms. The summed E-state index contributed by atoms with van der Waals surface area (Å²) in [5, 5.41) is 7.39. The number of hydrogen-bond acceptors (Lipinski definition) is 6. The first-order chi connectivity index (χ1) is 11.1. The first-order valence-electron chi connectivity index (χ1n) is 6.77. The molecule has 1 N–H and O–H groups in total. The Morgan fingerprint density at radius 1 is 1.43 bits per heavy atom. The van der Waals surface area contributed by atoms with Crippen LogP contribution in [0.3, 0.4) is 0 Å². The summed E-state index contributed by atoms with van der Waals surface area (Å²) in [4.78, 5) is 20.9. The van der Waals surface area contributed by atoms with E-state index < -0.39 is 5.91 Å². The molecule has 3 aromatic rings. The van der Waals surface area contributed by atoms with E-state index in [0.717, 1.165) is 0 Å². The Morgan fingerprint density at radius 3 is 3.04 bits per heavy atom. The van der Waals surface area contributed by atoms with Gasteiger partial charge in [-0.15, -0.1) is 10.2 Å². The van der Waals surface area contributed by atoms with E-state index in [1.807, 2.05) is 0 Å². The van der Waals surface area contributed by atoms with Crippen LogP contribution in [0.4, 0.5) is 4.39 Å². The fourth-order valence-electron chi connectivity index (χ4n) is 2.09. The van der Waals surface area contributed by atoms with Gasteiger partial charge in [-0.05, 0) is 18.2 Å². The maximum absolute atomic E-state index is 13.2. The SMILES string of the molecule is COCc1nnc(C(=O)N(C)Cc2nc3ccc(F)cc3[nH]2)o1. The van der Waals surface area contributed by atoms with Gasteiger partial charge in [-0.1, -0.05) is 0 Å². The summed E-state index contributed by atoms with van der Waals surface area (Å²) in [6, 6.07) is 4.25. The van der Waals surface area contributed by atoms with Crippen molar-refractivity contribution in [3.05, 3.63) is 41.6 Å². The number of carbonyl (C=O) groups excluding carboxylic acids is 1. The first-order valence-corrected chi connectivity index (χ1v) is 6.77. The number of halogens is 1. The number of ether oxygens (including phenoxy) is 1. The molecule has 0 aliphatic carbocycles. The van der Waals surface area contributed by atoms with Crippen molar-refractivity contribution in [1.29, 1.82) is 0 Å². The molecule has 1 aromatic carbocycles. The van der Waals surface area contributed by atoms with Gasteiger partial charge in [0.1, 0.15) is 18.2 Å². The normalized spacial score (nSPS) is 11.1. The van der Waals surface area contributed by atoms with Crippen LogP contribution >= 0.6 is 0 Å². The van der Waals surface area contributed by atoms with Crippen molar-refractivity contribution in [2.75, 3.05) is 14.2 Å². The number of imidazole rings is 1. The molecule has 8 nitrogen and oxygen atoms in total. The smallest absolute Gasteiger partial charge is 0.311 e. The summed E-state index contributed by atoms with van der Waals surface area (Å²) >= 11 is 0. The molecule has 2 aromatic heterocycles. The van der Waals surface area contributed by atoms with Crippen molar-refractivity contribution in [3.8, 4) is 0 Å². The second kappa shape index (κ2) is 6.13. The molecule has 3 rings (SSSR count). The number of rotatable bonds is 5. The van der Waals surface area contributed by atoms with Crippen molar-refractivity contribution < 1.29 is 18.3 Å². The third-order valence-electron chi connectivity index (χ3n) is 3.14. The highest BCUT2D eigenvalue weighted by Gasteiger charge is 2.20. The van der Waals surface area contributed by atoms with E-state index in [4.69, 9.17) is 9.15 Å². The second-order valence-corrected chi connectivity index (χ2v) is 4.94. The first kappa shape index (κ1) is 15.1. The van der Waals surface area contributed by atoms with E-state index >= 15 is 0 Å². The van der Waals surface area contributed by atoms with Gasteiger partial charge in [0.2, 0.25) is 5.89 Å². The Balaban J connectivity index is 1.73. The molecule has 0 saturated carbocycles. The molecule has 0 radical (unpaired) electrons. The summed E-state index contributed by atoms with van der Waals surface area (Å²) < 4.78 is 23.2. The van der Waals surface area contributed by atoms with Crippen LogP contribution in [0.5, 0.6) is 0 Å². The van der Waals surface area contributed by atoms with Gasteiger partial charge in [0, 0.05) is 14.2 Å². The highest BCUT2D eigenvalue weighted by molar-refractivity contribution is 5.89. The van der Waals surface area contributed by atoms with Crippen molar-refractivity contribution in [1.82, 2.24) is 25.1 Å². The average molecular weight is 319 g/mol. The van der Waals surface area contributed by atoms with Crippen molar-refractivity contribution in [3.63, 3.8) is 0 Å². The molecular weight excluding hydrogens is 305 g/mol. The van der Waals surface area contributed by atoms with Gasteiger partial charge in [0.15, 0.2) is 0 Å². The number of carbonyl (C=O) groups is 1. The minimum absolute atomic E-state index is 0.123. The molecule has 0 spiro atoms. The van der Waals surface area contributed by atoms with Crippen LogP contribution in [-0.2, 0) is 17.9 Å². The van der Waals surface area contributed by atoms with Gasteiger partial charge in [0.05, 0.1) is 17.6 Å². The standard InChI is InChI=1S/C14H14FN5O3/c1-20(14(21)13-19-18-12(23-13)7-22-2)6-11-16-9-4-3-8(15)5-10(9)17-11/h3-5H,6-7H2,1-2H3,(H,16,17). The maximum atomic E-state index is 13.2. The number of benzene rings is 1. The highest BCUT2D eigenvalue weighted by Crippen LogP contribution is 2.14. The average Bonchev–Trinajstić information content (AvgIpc) is 3.12. The van der Waals surface area contributed by atoms with Crippen molar-refractivity contribution >= 4 is 16.9 Å². The van der Waals surface area contributed by atoms with Gasteiger partial charge in [-0.25, -0.2) is 9.37 Å². The number of aromatic nitrogens is 4. The van der Waals surface area contributed by atoms with E-state index in [2.05, 4.69) is 20.2 Å². The van der Waals surface area contributed by atoms with Crippen molar-refractivity contribution in [2.45, 2.75) is 13.2 Å². The van der Waals surface area contributed by atoms with Crippen LogP contribution in [0.15, 0.2) is 22.6 Å². The van der Waals surface area contributed by atoms with Crippen LogP contribution in [0.25, 0.3) is 11.0 Å². The van der Waals surface area contributed by atoms with E-state index in [9.17, 15) is 9.18 Å². The molecule has 0 saturated heterocycles. The largest absolute Gasteiger partial charge is 0.414 e. The van der Waals surface area contributed by atoms with Crippen LogP contribution < -0.4 is 0 Å². The predicted octanol–water partition coefficient (Wildman–Crippen LogP) is 1.50. The molecule has 0 atom stereocenters. The molecule has 23 heavy (non-hydrogen) atoms. The monoisotopic (exact) mass is 319 g/mol. The minimum atomic E-state index is -0.438. The van der Waals surface area contributed by atoms with E-state index in [-0.39, 0.29) is 30.8 Å². The zero-order chi connectivity index (χ0) is 16.4. The van der Waals surface area contributed by atoms with Gasteiger partial charge in [0.25, 0.3) is 0 Å². The van der Waals surface area contributed by atoms with Gasteiger partial charge < -0.3 is 19.0 Å². The van der Waals surface area contributed by atoms with Crippen LogP contribution in [0.1, 0.15) is 22.4 Å². The highest BCUT2D eigenvalue weighted by atomic mass is 19.1. The third-order valence-corrected chi connectivity index (χ3v) is 3.14. The Labute approximate surface area is 130 Å². The Hall–Kier alpha value is -2.81. The Kier molecular flexibility index (Phi) is 4.02. The molecule has 120 valence electrons. The fraction of sp³-hybridized carbons (Fsp3) is 0.286. The lowest BCUT2D eigenvalue weighted by molar-refractivity contribution is 0.0734. The van der Waals surface area contributed by atoms with Crippen LogP contribution in [0.2, 0.25) is 0 Å². The number of methoxy groups -OCH3 is 1. The van der Waals surface area contributed by atoms with E-state index in [1.165, 1.54) is 24.1 Å². The molecule has 2 heterocycles. The van der Waals surface area contributed by atoms with Crippen molar-refractivity contribution in [2.24, 2.45) is 0 Å². The zero-order valence-corrected chi connectivity index (χ0v) is 12.5.